The van der Waals surface area contributed by atoms with Crippen molar-refractivity contribution in [3.8, 4) is 11.8 Å². The quantitative estimate of drug-likeness (QED) is 0.686. The smallest absolute Gasteiger partial charge is 0.0775 e. The Morgan fingerprint density at radius 1 is 1.28 bits per heavy atom. The first-order valence-corrected chi connectivity index (χ1v) is 6.73. The Labute approximate surface area is 111 Å². The molecule has 0 amide bonds. The lowest BCUT2D eigenvalue weighted by molar-refractivity contribution is 0.126. The van der Waals surface area contributed by atoms with E-state index >= 15 is 0 Å². The van der Waals surface area contributed by atoms with Gasteiger partial charge in [-0.15, -0.1) is 11.3 Å². The highest BCUT2D eigenvalue weighted by molar-refractivity contribution is 7.12. The number of rotatable bonds is 6. The molecule has 0 aliphatic carbocycles. The molecule has 0 aliphatic rings. The number of thiophene rings is 1. The molecule has 1 rings (SSSR count). The van der Waals surface area contributed by atoms with Crippen LogP contribution in [0.15, 0.2) is 24.3 Å². The van der Waals surface area contributed by atoms with E-state index in [1.54, 1.807) is 6.08 Å². The minimum atomic E-state index is -0.433. The van der Waals surface area contributed by atoms with Crippen LogP contribution < -0.4 is 0 Å². The van der Waals surface area contributed by atoms with Gasteiger partial charge in [0.05, 0.1) is 17.6 Å². The van der Waals surface area contributed by atoms with Crippen molar-refractivity contribution in [1.29, 1.82) is 0 Å². The minimum Gasteiger partial charge on any atom is -0.396 e. The van der Waals surface area contributed by atoms with Crippen molar-refractivity contribution in [3.63, 3.8) is 0 Å². The largest absolute Gasteiger partial charge is 0.396 e. The molecule has 1 unspecified atom stereocenters. The van der Waals surface area contributed by atoms with Crippen molar-refractivity contribution < 1.29 is 15.3 Å². The summed E-state index contributed by atoms with van der Waals surface area (Å²) in [5, 5.41) is 26.9. The molecule has 0 aromatic carbocycles. The van der Waals surface area contributed by atoms with Crippen LogP contribution in [-0.4, -0.2) is 28.0 Å². The summed E-state index contributed by atoms with van der Waals surface area (Å²) in [5.74, 6) is 5.89. The van der Waals surface area contributed by atoms with Crippen LogP contribution in [-0.2, 0) is 6.61 Å². The molecule has 0 radical (unpaired) electrons. The van der Waals surface area contributed by atoms with Crippen LogP contribution in [0.4, 0.5) is 0 Å². The highest BCUT2D eigenvalue weighted by Crippen LogP contribution is 2.14. The fourth-order valence-corrected chi connectivity index (χ4v) is 2.10. The summed E-state index contributed by atoms with van der Waals surface area (Å²) in [6.07, 6.45) is 5.07. The van der Waals surface area contributed by atoms with Gasteiger partial charge in [-0.05, 0) is 37.5 Å². The van der Waals surface area contributed by atoms with E-state index in [9.17, 15) is 5.11 Å². The first kappa shape index (κ1) is 14.9. The molecule has 0 saturated heterocycles. The lowest BCUT2D eigenvalue weighted by Gasteiger charge is -2.04. The number of aliphatic hydroxyl groups excluding tert-OH is 3. The van der Waals surface area contributed by atoms with Crippen molar-refractivity contribution in [2.45, 2.75) is 32.0 Å². The summed E-state index contributed by atoms with van der Waals surface area (Å²) in [5.41, 5.74) is 0. The Hall–Kier alpha value is -1.12. The third kappa shape index (κ3) is 5.99. The third-order valence-corrected chi connectivity index (χ3v) is 3.33. The molecule has 0 fully saturated rings. The van der Waals surface area contributed by atoms with E-state index in [1.807, 2.05) is 18.2 Å². The van der Waals surface area contributed by atoms with Crippen molar-refractivity contribution in [2.75, 3.05) is 6.61 Å². The molecular weight excluding hydrogens is 248 g/mol. The highest BCUT2D eigenvalue weighted by atomic mass is 32.1. The molecule has 1 aromatic heterocycles. The van der Waals surface area contributed by atoms with E-state index in [4.69, 9.17) is 10.2 Å². The fraction of sp³-hybridized carbons (Fsp3) is 0.429. The molecule has 0 aliphatic heterocycles. The molecule has 1 aromatic rings. The van der Waals surface area contributed by atoms with Gasteiger partial charge < -0.3 is 15.3 Å². The van der Waals surface area contributed by atoms with Gasteiger partial charge in [-0.3, -0.25) is 0 Å². The van der Waals surface area contributed by atoms with E-state index in [1.165, 1.54) is 11.3 Å². The normalized spacial score (nSPS) is 12.4. The maximum Gasteiger partial charge on any atom is 0.0775 e. The van der Waals surface area contributed by atoms with Gasteiger partial charge in [-0.1, -0.05) is 17.9 Å². The maximum absolute atomic E-state index is 9.36. The lowest BCUT2D eigenvalue weighted by Crippen LogP contribution is -2.07. The molecule has 0 saturated carbocycles. The van der Waals surface area contributed by atoms with Gasteiger partial charge in [0, 0.05) is 11.5 Å². The predicted octanol–water partition coefficient (Wildman–Crippen LogP) is 1.67. The first-order chi connectivity index (χ1) is 8.76. The second-order valence-electron chi connectivity index (χ2n) is 3.84. The molecular formula is C14H18O3S. The zero-order valence-corrected chi connectivity index (χ0v) is 11.0. The highest BCUT2D eigenvalue weighted by Gasteiger charge is 1.99. The standard InChI is InChI=1S/C14H18O3S/c15-10-9-12(17)5-3-1-2-4-6-13-7-8-14(11-16)18-13/h1-2,7-8,12,15-17H,3,5,9-11H2/b2-1+. The van der Waals surface area contributed by atoms with Crippen LogP contribution in [0.1, 0.15) is 29.0 Å². The maximum atomic E-state index is 9.36. The lowest BCUT2D eigenvalue weighted by atomic mass is 10.1. The molecule has 3 N–H and O–H groups in total. The van der Waals surface area contributed by atoms with Gasteiger partial charge in [0.1, 0.15) is 0 Å². The second-order valence-corrected chi connectivity index (χ2v) is 5.01. The minimum absolute atomic E-state index is 0.0241. The van der Waals surface area contributed by atoms with Gasteiger partial charge >= 0.3 is 0 Å². The number of hydrogen-bond donors (Lipinski definition) is 3. The van der Waals surface area contributed by atoms with Crippen LogP contribution in [0.2, 0.25) is 0 Å². The average molecular weight is 266 g/mol. The van der Waals surface area contributed by atoms with Gasteiger partial charge in [0.25, 0.3) is 0 Å². The Morgan fingerprint density at radius 3 is 2.78 bits per heavy atom. The Balaban J connectivity index is 2.28. The van der Waals surface area contributed by atoms with Gasteiger partial charge in [-0.25, -0.2) is 0 Å². The van der Waals surface area contributed by atoms with Crippen LogP contribution in [0, 0.1) is 11.8 Å². The summed E-state index contributed by atoms with van der Waals surface area (Å²) in [4.78, 5) is 1.85. The zero-order valence-electron chi connectivity index (χ0n) is 10.2. The molecule has 3 nitrogen and oxygen atoms in total. The van der Waals surface area contributed by atoms with Crippen LogP contribution in [0.25, 0.3) is 0 Å². The summed E-state index contributed by atoms with van der Waals surface area (Å²) >= 11 is 1.48. The van der Waals surface area contributed by atoms with Crippen molar-refractivity contribution in [1.82, 2.24) is 0 Å². The summed E-state index contributed by atoms with van der Waals surface area (Å²) in [6.45, 7) is 0.0845. The molecule has 18 heavy (non-hydrogen) atoms. The summed E-state index contributed by atoms with van der Waals surface area (Å²) < 4.78 is 0. The topological polar surface area (TPSA) is 60.7 Å². The fourth-order valence-electron chi connectivity index (χ4n) is 1.37. The first-order valence-electron chi connectivity index (χ1n) is 5.91. The average Bonchev–Trinajstić information content (AvgIpc) is 2.82. The monoisotopic (exact) mass is 266 g/mol. The van der Waals surface area contributed by atoms with E-state index in [-0.39, 0.29) is 13.2 Å². The molecule has 4 heteroatoms. The molecule has 0 spiro atoms. The number of allylic oxidation sites excluding steroid dienone is 2. The van der Waals surface area contributed by atoms with E-state index in [0.29, 0.717) is 12.8 Å². The van der Waals surface area contributed by atoms with Crippen LogP contribution in [0.5, 0.6) is 0 Å². The van der Waals surface area contributed by atoms with Gasteiger partial charge in [-0.2, -0.15) is 0 Å². The number of hydrogen-bond acceptors (Lipinski definition) is 4. The molecule has 0 bridgehead atoms. The van der Waals surface area contributed by atoms with Crippen molar-refractivity contribution >= 4 is 11.3 Å². The Kier molecular flexibility index (Phi) is 7.38. The van der Waals surface area contributed by atoms with E-state index in [0.717, 1.165) is 16.2 Å². The molecule has 98 valence electrons. The third-order valence-electron chi connectivity index (χ3n) is 2.34. The predicted molar refractivity (Wildman–Crippen MR) is 73.2 cm³/mol. The summed E-state index contributed by atoms with van der Waals surface area (Å²) in [7, 11) is 0. The van der Waals surface area contributed by atoms with Crippen LogP contribution in [0.3, 0.4) is 0 Å². The molecule has 1 atom stereocenters. The van der Waals surface area contributed by atoms with Crippen LogP contribution >= 0.6 is 11.3 Å². The Bertz CT molecular complexity index is 426. The SMILES string of the molecule is OCCC(O)CC/C=C/C#Cc1ccc(CO)s1. The molecule has 1 heterocycles. The van der Waals surface area contributed by atoms with E-state index < -0.39 is 6.10 Å². The number of aliphatic hydroxyl groups is 3. The van der Waals surface area contributed by atoms with Crippen molar-refractivity contribution in [3.05, 3.63) is 34.0 Å². The second kappa shape index (κ2) is 8.90. The van der Waals surface area contributed by atoms with Gasteiger partial charge in [0.15, 0.2) is 0 Å². The van der Waals surface area contributed by atoms with Gasteiger partial charge in [0.2, 0.25) is 0 Å². The Morgan fingerprint density at radius 2 is 2.11 bits per heavy atom. The summed E-state index contributed by atoms with van der Waals surface area (Å²) in [6, 6.07) is 3.76. The van der Waals surface area contributed by atoms with Crippen molar-refractivity contribution in [2.24, 2.45) is 0 Å². The zero-order chi connectivity index (χ0) is 13.2. The van der Waals surface area contributed by atoms with E-state index in [2.05, 4.69) is 11.8 Å².